The minimum Gasteiger partial charge on any atom is -0.483 e. The lowest BCUT2D eigenvalue weighted by molar-refractivity contribution is -0.119. The van der Waals surface area contributed by atoms with E-state index in [-0.39, 0.29) is 12.5 Å². The number of nitrogens with two attached hydrogens (primary N) is 1. The van der Waals surface area contributed by atoms with Gasteiger partial charge in [0.1, 0.15) is 5.75 Å². The van der Waals surface area contributed by atoms with Crippen LogP contribution < -0.4 is 10.5 Å². The van der Waals surface area contributed by atoms with Crippen molar-refractivity contribution >= 4 is 23.4 Å². The van der Waals surface area contributed by atoms with Crippen LogP contribution in [-0.4, -0.2) is 54.4 Å². The van der Waals surface area contributed by atoms with Crippen molar-refractivity contribution < 1.29 is 14.3 Å². The predicted octanol–water partition coefficient (Wildman–Crippen LogP) is 2.16. The van der Waals surface area contributed by atoms with E-state index in [0.29, 0.717) is 24.4 Å². The van der Waals surface area contributed by atoms with E-state index in [1.807, 2.05) is 29.2 Å². The van der Waals surface area contributed by atoms with Crippen molar-refractivity contribution in [3.05, 3.63) is 64.7 Å². The molecule has 0 spiro atoms. The highest BCUT2D eigenvalue weighted by Gasteiger charge is 2.24. The zero-order valence-electron chi connectivity index (χ0n) is 14.9. The third-order valence-electron chi connectivity index (χ3n) is 4.47. The van der Waals surface area contributed by atoms with Crippen LogP contribution in [0.1, 0.15) is 15.9 Å². The Morgan fingerprint density at radius 3 is 2.33 bits per heavy atom. The molecule has 1 saturated heterocycles. The molecule has 0 radical (unpaired) electrons. The third kappa shape index (κ3) is 5.21. The summed E-state index contributed by atoms with van der Waals surface area (Å²) < 4.78 is 5.38. The van der Waals surface area contributed by atoms with Crippen LogP contribution in [0.5, 0.6) is 5.75 Å². The molecule has 1 fully saturated rings. The maximum atomic E-state index is 12.9. The molecule has 1 heterocycles. The number of ether oxygens (including phenoxy) is 1. The summed E-state index contributed by atoms with van der Waals surface area (Å²) in [6, 6.07) is 14.7. The van der Waals surface area contributed by atoms with Gasteiger partial charge >= 0.3 is 0 Å². The molecule has 0 atom stereocenters. The van der Waals surface area contributed by atoms with Crippen molar-refractivity contribution in [1.82, 2.24) is 9.80 Å². The Morgan fingerprint density at radius 1 is 1.00 bits per heavy atom. The fraction of sp³-hybridized carbons (Fsp3) is 0.300. The molecule has 142 valence electrons. The maximum Gasteiger partial charge on any atom is 0.257 e. The van der Waals surface area contributed by atoms with Gasteiger partial charge in [-0.1, -0.05) is 35.9 Å². The van der Waals surface area contributed by atoms with E-state index in [1.165, 1.54) is 5.56 Å². The fourth-order valence-electron chi connectivity index (χ4n) is 3.05. The average molecular weight is 388 g/mol. The van der Waals surface area contributed by atoms with Gasteiger partial charge in [0.15, 0.2) is 6.61 Å². The summed E-state index contributed by atoms with van der Waals surface area (Å²) in [7, 11) is 0. The zero-order chi connectivity index (χ0) is 19.2. The third-order valence-corrected chi connectivity index (χ3v) is 4.72. The number of primary amides is 1. The summed E-state index contributed by atoms with van der Waals surface area (Å²) >= 11 is 5.93. The molecule has 1 aliphatic rings. The first-order valence-electron chi connectivity index (χ1n) is 8.79. The number of hydrogen-bond donors (Lipinski definition) is 1. The van der Waals surface area contributed by atoms with Gasteiger partial charge in [0, 0.05) is 37.7 Å². The quantitative estimate of drug-likeness (QED) is 0.824. The smallest absolute Gasteiger partial charge is 0.257 e. The second kappa shape index (κ2) is 8.88. The lowest BCUT2D eigenvalue weighted by Gasteiger charge is -2.35. The van der Waals surface area contributed by atoms with Crippen LogP contribution in [0.3, 0.4) is 0 Å². The molecule has 0 unspecified atom stereocenters. The highest BCUT2D eigenvalue weighted by atomic mass is 35.5. The topological polar surface area (TPSA) is 75.9 Å². The Labute approximate surface area is 163 Å². The van der Waals surface area contributed by atoms with Crippen LogP contribution in [-0.2, 0) is 11.3 Å². The molecule has 7 heteroatoms. The zero-order valence-corrected chi connectivity index (χ0v) is 15.7. The number of nitrogens with zero attached hydrogens (tertiary/aromatic N) is 2. The highest BCUT2D eigenvalue weighted by molar-refractivity contribution is 6.30. The van der Waals surface area contributed by atoms with Crippen LogP contribution in [0, 0.1) is 0 Å². The van der Waals surface area contributed by atoms with Crippen LogP contribution >= 0.6 is 11.6 Å². The monoisotopic (exact) mass is 387 g/mol. The van der Waals surface area contributed by atoms with Crippen LogP contribution in [0.25, 0.3) is 0 Å². The Bertz CT molecular complexity index is 802. The van der Waals surface area contributed by atoms with Gasteiger partial charge in [0.05, 0.1) is 5.56 Å². The standard InChI is InChI=1S/C20H22ClN3O3/c21-16-7-5-15(6-8-16)13-23-9-11-24(12-10-23)20(26)17-3-1-2-4-18(17)27-14-19(22)25/h1-8H,9-14H2,(H2,22,25). The van der Waals surface area contributed by atoms with Gasteiger partial charge in [-0.2, -0.15) is 0 Å². The summed E-state index contributed by atoms with van der Waals surface area (Å²) in [5.74, 6) is -0.292. The molecule has 0 aromatic heterocycles. The minimum atomic E-state index is -0.576. The number of benzene rings is 2. The van der Waals surface area contributed by atoms with Crippen LogP contribution in [0.15, 0.2) is 48.5 Å². The molecule has 2 N–H and O–H groups in total. The van der Waals surface area contributed by atoms with E-state index in [1.54, 1.807) is 24.3 Å². The second-order valence-electron chi connectivity index (χ2n) is 6.45. The number of hydrogen-bond acceptors (Lipinski definition) is 4. The largest absolute Gasteiger partial charge is 0.483 e. The SMILES string of the molecule is NC(=O)COc1ccccc1C(=O)N1CCN(Cc2ccc(Cl)cc2)CC1. The molecule has 2 aromatic rings. The van der Waals surface area contributed by atoms with Crippen molar-refractivity contribution in [2.45, 2.75) is 6.54 Å². The number of para-hydroxylation sites is 1. The van der Waals surface area contributed by atoms with E-state index in [9.17, 15) is 9.59 Å². The average Bonchev–Trinajstić information content (AvgIpc) is 2.68. The molecule has 2 aromatic carbocycles. The van der Waals surface area contributed by atoms with E-state index in [2.05, 4.69) is 4.90 Å². The summed E-state index contributed by atoms with van der Waals surface area (Å²) in [5, 5.41) is 0.728. The van der Waals surface area contributed by atoms with Crippen molar-refractivity contribution in [3.63, 3.8) is 0 Å². The summed E-state index contributed by atoms with van der Waals surface area (Å²) in [6.45, 7) is 3.43. The maximum absolute atomic E-state index is 12.9. The summed E-state index contributed by atoms with van der Waals surface area (Å²) in [5.41, 5.74) is 6.77. The second-order valence-corrected chi connectivity index (χ2v) is 6.88. The summed E-state index contributed by atoms with van der Waals surface area (Å²) in [4.78, 5) is 27.9. The first kappa shape index (κ1) is 19.2. The van der Waals surface area contributed by atoms with Crippen LogP contribution in [0.2, 0.25) is 5.02 Å². The number of carbonyl (C=O) groups excluding carboxylic acids is 2. The van der Waals surface area contributed by atoms with Crippen molar-refractivity contribution in [2.75, 3.05) is 32.8 Å². The van der Waals surface area contributed by atoms with Crippen molar-refractivity contribution in [1.29, 1.82) is 0 Å². The van der Waals surface area contributed by atoms with Gasteiger partial charge in [-0.15, -0.1) is 0 Å². The van der Waals surface area contributed by atoms with Crippen LogP contribution in [0.4, 0.5) is 0 Å². The minimum absolute atomic E-state index is 0.0961. The van der Waals surface area contributed by atoms with E-state index < -0.39 is 5.91 Å². The first-order valence-corrected chi connectivity index (χ1v) is 9.17. The predicted molar refractivity (Wildman–Crippen MR) is 104 cm³/mol. The molecule has 0 bridgehead atoms. The molecular weight excluding hydrogens is 366 g/mol. The number of halogens is 1. The Balaban J connectivity index is 1.58. The normalized spacial score (nSPS) is 14.8. The van der Waals surface area contributed by atoms with Gasteiger partial charge in [0.25, 0.3) is 11.8 Å². The fourth-order valence-corrected chi connectivity index (χ4v) is 3.17. The van der Waals surface area contributed by atoms with E-state index in [0.717, 1.165) is 24.7 Å². The Morgan fingerprint density at radius 2 is 1.67 bits per heavy atom. The number of piperazine rings is 1. The summed E-state index contributed by atoms with van der Waals surface area (Å²) in [6.07, 6.45) is 0. The lowest BCUT2D eigenvalue weighted by atomic mass is 10.1. The molecule has 1 aliphatic heterocycles. The highest BCUT2D eigenvalue weighted by Crippen LogP contribution is 2.21. The Kier molecular flexibility index (Phi) is 6.32. The van der Waals surface area contributed by atoms with Gasteiger partial charge < -0.3 is 15.4 Å². The molecule has 0 aliphatic carbocycles. The first-order chi connectivity index (χ1) is 13.0. The Hall–Kier alpha value is -2.57. The molecular formula is C20H22ClN3O3. The van der Waals surface area contributed by atoms with Crippen molar-refractivity contribution in [3.8, 4) is 5.75 Å². The number of carbonyl (C=O) groups is 2. The molecule has 2 amide bonds. The molecule has 0 saturated carbocycles. The van der Waals surface area contributed by atoms with Gasteiger partial charge in [-0.25, -0.2) is 0 Å². The number of rotatable bonds is 6. The molecule has 27 heavy (non-hydrogen) atoms. The van der Waals surface area contributed by atoms with Gasteiger partial charge in [-0.05, 0) is 29.8 Å². The van der Waals surface area contributed by atoms with E-state index in [4.69, 9.17) is 22.1 Å². The molecule has 6 nitrogen and oxygen atoms in total. The van der Waals surface area contributed by atoms with Gasteiger partial charge in [0.2, 0.25) is 0 Å². The number of amides is 2. The van der Waals surface area contributed by atoms with Gasteiger partial charge in [-0.3, -0.25) is 14.5 Å². The molecule has 3 rings (SSSR count). The lowest BCUT2D eigenvalue weighted by Crippen LogP contribution is -2.48. The van der Waals surface area contributed by atoms with E-state index >= 15 is 0 Å². The van der Waals surface area contributed by atoms with Crippen molar-refractivity contribution in [2.24, 2.45) is 5.73 Å².